The topological polar surface area (TPSA) is 61.5 Å². The molecular weight excluding hydrogens is 360 g/mol. The molecule has 0 unspecified atom stereocenters. The minimum absolute atomic E-state index is 0.646. The molecule has 6 nitrogen and oxygen atoms in total. The number of thioether (sulfide) groups is 1. The summed E-state index contributed by atoms with van der Waals surface area (Å²) in [5.74, 6) is 2.80. The molecule has 27 heavy (non-hydrogen) atoms. The van der Waals surface area contributed by atoms with Gasteiger partial charge in [-0.25, -0.2) is 9.97 Å². The smallest absolute Gasteiger partial charge is 0.191 e. The van der Waals surface area contributed by atoms with Crippen molar-refractivity contribution in [1.29, 1.82) is 0 Å². The van der Waals surface area contributed by atoms with Crippen LogP contribution in [0.5, 0.6) is 11.5 Å². The average Bonchev–Trinajstić information content (AvgIpc) is 3.08. The summed E-state index contributed by atoms with van der Waals surface area (Å²) >= 11 is 1.64. The van der Waals surface area contributed by atoms with Crippen LogP contribution in [0, 0.1) is 13.8 Å². The molecule has 138 valence electrons. The molecule has 2 heterocycles. The SMILES string of the molecule is COc1cc2nc(SCc3ccc(C)cc3)n3nc(C)nc3c2cc1OC. The zero-order valence-corrected chi connectivity index (χ0v) is 16.5. The Morgan fingerprint density at radius 3 is 2.37 bits per heavy atom. The van der Waals surface area contributed by atoms with E-state index in [2.05, 4.69) is 41.3 Å². The van der Waals surface area contributed by atoms with Gasteiger partial charge in [0.15, 0.2) is 22.3 Å². The number of fused-ring (bicyclic) bond motifs is 3. The number of rotatable bonds is 5. The highest BCUT2D eigenvalue weighted by atomic mass is 32.2. The second-order valence-electron chi connectivity index (χ2n) is 6.29. The minimum atomic E-state index is 0.646. The zero-order valence-electron chi connectivity index (χ0n) is 15.7. The first-order valence-electron chi connectivity index (χ1n) is 8.56. The second kappa shape index (κ2) is 7.08. The van der Waals surface area contributed by atoms with Crippen molar-refractivity contribution >= 4 is 28.3 Å². The lowest BCUT2D eigenvalue weighted by molar-refractivity contribution is 0.355. The number of hydrogen-bond donors (Lipinski definition) is 0. The summed E-state index contributed by atoms with van der Waals surface area (Å²) in [7, 11) is 3.24. The molecule has 0 spiro atoms. The van der Waals surface area contributed by atoms with E-state index in [-0.39, 0.29) is 0 Å². The molecule has 2 aromatic carbocycles. The van der Waals surface area contributed by atoms with Gasteiger partial charge in [0.1, 0.15) is 5.82 Å². The molecule has 0 saturated carbocycles. The van der Waals surface area contributed by atoms with E-state index in [4.69, 9.17) is 14.5 Å². The largest absolute Gasteiger partial charge is 0.493 e. The highest BCUT2D eigenvalue weighted by Crippen LogP contribution is 2.34. The van der Waals surface area contributed by atoms with Gasteiger partial charge in [0.2, 0.25) is 0 Å². The van der Waals surface area contributed by atoms with Crippen molar-refractivity contribution in [3.63, 3.8) is 0 Å². The molecule has 0 atom stereocenters. The molecule has 0 aliphatic rings. The molecule has 7 heteroatoms. The number of ether oxygens (including phenoxy) is 2. The first-order valence-corrected chi connectivity index (χ1v) is 9.55. The van der Waals surface area contributed by atoms with Crippen molar-refractivity contribution in [2.24, 2.45) is 0 Å². The van der Waals surface area contributed by atoms with Gasteiger partial charge in [-0.3, -0.25) is 0 Å². The van der Waals surface area contributed by atoms with Crippen molar-refractivity contribution in [1.82, 2.24) is 19.6 Å². The Morgan fingerprint density at radius 2 is 1.67 bits per heavy atom. The molecule has 0 fully saturated rings. The maximum Gasteiger partial charge on any atom is 0.191 e. The van der Waals surface area contributed by atoms with Crippen LogP contribution in [0.15, 0.2) is 41.6 Å². The van der Waals surface area contributed by atoms with Crippen LogP contribution in [0.4, 0.5) is 0 Å². The highest BCUT2D eigenvalue weighted by molar-refractivity contribution is 7.98. The predicted molar refractivity (Wildman–Crippen MR) is 107 cm³/mol. The molecule has 0 radical (unpaired) electrons. The molecule has 2 aromatic heterocycles. The fraction of sp³-hybridized carbons (Fsp3) is 0.250. The summed E-state index contributed by atoms with van der Waals surface area (Å²) in [6.07, 6.45) is 0. The fourth-order valence-corrected chi connectivity index (χ4v) is 3.84. The zero-order chi connectivity index (χ0) is 19.0. The van der Waals surface area contributed by atoms with Crippen LogP contribution >= 0.6 is 11.8 Å². The van der Waals surface area contributed by atoms with E-state index in [9.17, 15) is 0 Å². The van der Waals surface area contributed by atoms with E-state index in [1.165, 1.54) is 11.1 Å². The van der Waals surface area contributed by atoms with E-state index in [1.54, 1.807) is 26.0 Å². The van der Waals surface area contributed by atoms with Crippen molar-refractivity contribution < 1.29 is 9.47 Å². The highest BCUT2D eigenvalue weighted by Gasteiger charge is 2.16. The number of methoxy groups -OCH3 is 2. The number of aryl methyl sites for hydroxylation is 2. The van der Waals surface area contributed by atoms with Crippen molar-refractivity contribution in [2.45, 2.75) is 24.8 Å². The van der Waals surface area contributed by atoms with Crippen LogP contribution < -0.4 is 9.47 Å². The Bertz CT molecular complexity index is 1120. The number of benzene rings is 2. The lowest BCUT2D eigenvalue weighted by Gasteiger charge is -2.11. The van der Waals surface area contributed by atoms with Gasteiger partial charge in [-0.05, 0) is 25.5 Å². The molecule has 0 saturated heterocycles. The molecule has 0 aliphatic carbocycles. The lowest BCUT2D eigenvalue weighted by atomic mass is 10.2. The van der Waals surface area contributed by atoms with Crippen molar-refractivity contribution in [3.05, 3.63) is 53.3 Å². The summed E-state index contributed by atoms with van der Waals surface area (Å²) in [5.41, 5.74) is 4.07. The number of nitrogens with zero attached hydrogens (tertiary/aromatic N) is 4. The number of aromatic nitrogens is 4. The monoisotopic (exact) mass is 380 g/mol. The van der Waals surface area contributed by atoms with Gasteiger partial charge >= 0.3 is 0 Å². The standard InChI is InChI=1S/C20H20N4O2S/c1-12-5-7-14(8-6-12)11-27-20-22-16-10-18(26-4)17(25-3)9-15(16)19-21-13(2)23-24(19)20/h5-10H,11H2,1-4H3. The van der Waals surface area contributed by atoms with Gasteiger partial charge in [0.25, 0.3) is 0 Å². The maximum absolute atomic E-state index is 5.43. The summed E-state index contributed by atoms with van der Waals surface area (Å²) in [6.45, 7) is 3.97. The summed E-state index contributed by atoms with van der Waals surface area (Å²) in [5, 5.41) is 6.22. The van der Waals surface area contributed by atoms with E-state index in [0.717, 1.165) is 27.5 Å². The predicted octanol–water partition coefficient (Wildman–Crippen LogP) is 4.20. The Labute approximate surface area is 161 Å². The normalized spacial score (nSPS) is 11.3. The Hall–Kier alpha value is -2.80. The third-order valence-corrected chi connectivity index (χ3v) is 5.34. The van der Waals surface area contributed by atoms with Gasteiger partial charge in [-0.15, -0.1) is 5.10 Å². The lowest BCUT2D eigenvalue weighted by Crippen LogP contribution is -2.00. The second-order valence-corrected chi connectivity index (χ2v) is 7.23. The van der Waals surface area contributed by atoms with Crippen LogP contribution in [0.25, 0.3) is 16.6 Å². The third kappa shape index (κ3) is 3.30. The van der Waals surface area contributed by atoms with Crippen LogP contribution in [-0.4, -0.2) is 33.8 Å². The molecule has 0 N–H and O–H groups in total. The molecule has 4 rings (SSSR count). The maximum atomic E-state index is 5.43. The minimum Gasteiger partial charge on any atom is -0.493 e. The Balaban J connectivity index is 1.82. The van der Waals surface area contributed by atoms with Crippen molar-refractivity contribution in [3.8, 4) is 11.5 Å². The molecule has 0 amide bonds. The van der Waals surface area contributed by atoms with Gasteiger partial charge in [-0.2, -0.15) is 4.52 Å². The van der Waals surface area contributed by atoms with Crippen LogP contribution in [-0.2, 0) is 5.75 Å². The summed E-state index contributed by atoms with van der Waals surface area (Å²) in [4.78, 5) is 9.42. The third-order valence-electron chi connectivity index (χ3n) is 4.34. The molecule has 0 aliphatic heterocycles. The van der Waals surface area contributed by atoms with Gasteiger partial charge < -0.3 is 9.47 Å². The summed E-state index contributed by atoms with van der Waals surface area (Å²) in [6, 6.07) is 12.3. The van der Waals surface area contributed by atoms with Gasteiger partial charge in [0.05, 0.1) is 19.7 Å². The van der Waals surface area contributed by atoms with Crippen LogP contribution in [0.3, 0.4) is 0 Å². The van der Waals surface area contributed by atoms with Crippen LogP contribution in [0.2, 0.25) is 0 Å². The van der Waals surface area contributed by atoms with Gasteiger partial charge in [-0.1, -0.05) is 41.6 Å². The summed E-state index contributed by atoms with van der Waals surface area (Å²) < 4.78 is 12.7. The van der Waals surface area contributed by atoms with E-state index >= 15 is 0 Å². The van der Waals surface area contributed by atoms with E-state index in [1.807, 2.05) is 23.6 Å². The average molecular weight is 380 g/mol. The molecule has 0 bridgehead atoms. The Kier molecular flexibility index (Phi) is 4.61. The van der Waals surface area contributed by atoms with Gasteiger partial charge in [0, 0.05) is 17.2 Å². The first-order chi connectivity index (χ1) is 13.1. The number of hydrogen-bond acceptors (Lipinski definition) is 6. The van der Waals surface area contributed by atoms with Crippen molar-refractivity contribution in [2.75, 3.05) is 14.2 Å². The molecule has 4 aromatic rings. The quantitative estimate of drug-likeness (QED) is 0.382. The van der Waals surface area contributed by atoms with E-state index in [0.29, 0.717) is 17.3 Å². The molecular formula is C20H20N4O2S. The fourth-order valence-electron chi connectivity index (χ4n) is 2.94. The Morgan fingerprint density at radius 1 is 0.963 bits per heavy atom. The van der Waals surface area contributed by atoms with E-state index < -0.39 is 0 Å². The first kappa shape index (κ1) is 17.6. The van der Waals surface area contributed by atoms with Crippen LogP contribution in [0.1, 0.15) is 17.0 Å².